The molecule has 11 heteroatoms. The van der Waals surface area contributed by atoms with Crippen molar-refractivity contribution < 1.29 is 22.0 Å². The van der Waals surface area contributed by atoms with Crippen molar-refractivity contribution in [3.05, 3.63) is 66.5 Å². The maximum Gasteiger partial charge on any atom is 0.246 e. The Bertz CT molecular complexity index is 1190. The van der Waals surface area contributed by atoms with Gasteiger partial charge in [0.05, 0.1) is 23.8 Å². The van der Waals surface area contributed by atoms with Crippen molar-refractivity contribution >= 4 is 21.6 Å². The fourth-order valence-electron chi connectivity index (χ4n) is 3.52. The van der Waals surface area contributed by atoms with Gasteiger partial charge in [-0.05, 0) is 43.2 Å². The lowest BCUT2D eigenvalue weighted by Crippen LogP contribution is -2.41. The molecule has 1 amide bonds. The number of aromatic nitrogens is 3. The predicted molar refractivity (Wildman–Crippen MR) is 108 cm³/mol. The molecule has 2 heterocycles. The number of nitrogens with zero attached hydrogens (tertiary/aromatic N) is 4. The minimum atomic E-state index is -4.19. The van der Waals surface area contributed by atoms with Crippen LogP contribution in [0.1, 0.15) is 12.8 Å². The minimum absolute atomic E-state index is 0.0289. The van der Waals surface area contributed by atoms with Crippen LogP contribution < -0.4 is 5.32 Å². The van der Waals surface area contributed by atoms with E-state index in [0.717, 1.165) is 16.4 Å². The highest BCUT2D eigenvalue weighted by Crippen LogP contribution is 2.27. The lowest BCUT2D eigenvalue weighted by Gasteiger charge is -2.30. The third-order valence-corrected chi connectivity index (χ3v) is 7.08. The van der Waals surface area contributed by atoms with Gasteiger partial charge in [0, 0.05) is 19.0 Å². The topological polar surface area (TPSA) is 97.2 Å². The maximum atomic E-state index is 14.0. The summed E-state index contributed by atoms with van der Waals surface area (Å²) < 4.78 is 55.4. The molecule has 4 rings (SSSR count). The Morgan fingerprint density at radius 1 is 1.10 bits per heavy atom. The fourth-order valence-corrected chi connectivity index (χ4v) is 5.07. The SMILES string of the molecule is O=C(Nc1ccccc1-n1ccnn1)C1CCN(S(=O)(=O)c2cc(F)ccc2F)CC1. The normalized spacial score (nSPS) is 15.7. The summed E-state index contributed by atoms with van der Waals surface area (Å²) in [5.74, 6) is -2.51. The van der Waals surface area contributed by atoms with Crippen molar-refractivity contribution in [3.63, 3.8) is 0 Å². The first-order valence-corrected chi connectivity index (χ1v) is 11.0. The van der Waals surface area contributed by atoms with E-state index in [1.807, 2.05) is 6.07 Å². The van der Waals surface area contributed by atoms with Crippen molar-refractivity contribution in [2.75, 3.05) is 18.4 Å². The molecule has 1 aromatic heterocycles. The molecule has 2 aromatic carbocycles. The largest absolute Gasteiger partial charge is 0.324 e. The summed E-state index contributed by atoms with van der Waals surface area (Å²) in [5, 5.41) is 10.6. The Morgan fingerprint density at radius 2 is 1.84 bits per heavy atom. The summed E-state index contributed by atoms with van der Waals surface area (Å²) in [6.45, 7) is 0.0577. The highest BCUT2D eigenvalue weighted by Gasteiger charge is 2.34. The van der Waals surface area contributed by atoms with Gasteiger partial charge in [-0.1, -0.05) is 17.3 Å². The van der Waals surface area contributed by atoms with E-state index in [-0.39, 0.29) is 31.8 Å². The number of hydrogen-bond donors (Lipinski definition) is 1. The van der Waals surface area contributed by atoms with E-state index in [9.17, 15) is 22.0 Å². The second-order valence-electron chi connectivity index (χ2n) is 7.11. The van der Waals surface area contributed by atoms with Gasteiger partial charge in [0.2, 0.25) is 15.9 Å². The highest BCUT2D eigenvalue weighted by atomic mass is 32.2. The first kappa shape index (κ1) is 21.1. The molecule has 8 nitrogen and oxygen atoms in total. The molecule has 0 unspecified atom stereocenters. The number of hydrogen-bond acceptors (Lipinski definition) is 5. The monoisotopic (exact) mass is 447 g/mol. The molecule has 3 aromatic rings. The summed E-state index contributed by atoms with van der Waals surface area (Å²) in [7, 11) is -4.19. The smallest absolute Gasteiger partial charge is 0.246 e. The van der Waals surface area contributed by atoms with Crippen LogP contribution in [0, 0.1) is 17.6 Å². The summed E-state index contributed by atoms with van der Waals surface area (Å²) >= 11 is 0. The summed E-state index contributed by atoms with van der Waals surface area (Å²) in [4.78, 5) is 12.1. The molecule has 0 radical (unpaired) electrons. The average Bonchev–Trinajstić information content (AvgIpc) is 3.30. The molecular formula is C20H19F2N5O3S. The standard InChI is InChI=1S/C20H19F2N5O3S/c21-15-5-6-16(22)19(13-15)31(29,30)26-10-7-14(8-11-26)20(28)24-17-3-1-2-4-18(17)27-12-9-23-25-27/h1-6,9,12-14H,7-8,10-11H2,(H,24,28). The Balaban J connectivity index is 1.44. The molecule has 0 aliphatic carbocycles. The molecule has 0 spiro atoms. The number of nitrogens with one attached hydrogen (secondary N) is 1. The molecule has 0 bridgehead atoms. The van der Waals surface area contributed by atoms with Crippen molar-refractivity contribution in [1.29, 1.82) is 0 Å². The van der Waals surface area contributed by atoms with Crippen molar-refractivity contribution in [2.45, 2.75) is 17.7 Å². The van der Waals surface area contributed by atoms with Crippen molar-refractivity contribution in [2.24, 2.45) is 5.92 Å². The predicted octanol–water partition coefficient (Wildman–Crippen LogP) is 2.58. The number of carbonyl (C=O) groups excluding carboxylic acids is 1. The van der Waals surface area contributed by atoms with Crippen LogP contribution in [-0.2, 0) is 14.8 Å². The Kier molecular flexibility index (Phi) is 5.79. The molecule has 1 fully saturated rings. The molecule has 1 N–H and O–H groups in total. The summed E-state index contributed by atoms with van der Waals surface area (Å²) in [6.07, 6.45) is 3.69. The zero-order valence-electron chi connectivity index (χ0n) is 16.3. The van der Waals surface area contributed by atoms with E-state index in [1.165, 1.54) is 10.9 Å². The average molecular weight is 447 g/mol. The van der Waals surface area contributed by atoms with Crippen LogP contribution in [0.15, 0.2) is 59.8 Å². The number of benzene rings is 2. The molecule has 162 valence electrons. The number of rotatable bonds is 5. The van der Waals surface area contributed by atoms with Gasteiger partial charge in [0.1, 0.15) is 16.5 Å². The van der Waals surface area contributed by atoms with Gasteiger partial charge in [-0.15, -0.1) is 5.10 Å². The van der Waals surface area contributed by atoms with Crippen molar-refractivity contribution in [3.8, 4) is 5.69 Å². The molecule has 1 saturated heterocycles. The van der Waals surface area contributed by atoms with E-state index in [0.29, 0.717) is 17.4 Å². The molecule has 1 aliphatic rings. The van der Waals surface area contributed by atoms with Gasteiger partial charge in [-0.3, -0.25) is 4.79 Å². The van der Waals surface area contributed by atoms with Gasteiger partial charge >= 0.3 is 0 Å². The second kappa shape index (κ2) is 8.52. The quantitative estimate of drug-likeness (QED) is 0.649. The van der Waals surface area contributed by atoms with Gasteiger partial charge in [0.25, 0.3) is 0 Å². The molecule has 31 heavy (non-hydrogen) atoms. The van der Waals surface area contributed by atoms with Gasteiger partial charge in [-0.2, -0.15) is 4.31 Å². The molecular weight excluding hydrogens is 428 g/mol. The van der Waals surface area contributed by atoms with Crippen LogP contribution in [0.4, 0.5) is 14.5 Å². The number of sulfonamides is 1. The second-order valence-corrected chi connectivity index (χ2v) is 9.01. The lowest BCUT2D eigenvalue weighted by molar-refractivity contribution is -0.120. The third kappa shape index (κ3) is 4.32. The van der Waals surface area contributed by atoms with Crippen LogP contribution in [0.2, 0.25) is 0 Å². The number of halogens is 2. The Labute approximate surface area is 177 Å². The maximum absolute atomic E-state index is 14.0. The van der Waals surface area contributed by atoms with E-state index in [1.54, 1.807) is 24.4 Å². The third-order valence-electron chi connectivity index (χ3n) is 5.17. The number of piperidine rings is 1. The fraction of sp³-hybridized carbons (Fsp3) is 0.250. The van der Waals surface area contributed by atoms with Crippen LogP contribution in [0.3, 0.4) is 0 Å². The van der Waals surface area contributed by atoms with Crippen molar-refractivity contribution in [1.82, 2.24) is 19.3 Å². The first-order valence-electron chi connectivity index (χ1n) is 9.58. The van der Waals surface area contributed by atoms with Crippen LogP contribution >= 0.6 is 0 Å². The minimum Gasteiger partial charge on any atom is -0.324 e. The number of carbonyl (C=O) groups is 1. The van der Waals surface area contributed by atoms with Crippen LogP contribution in [0.25, 0.3) is 5.69 Å². The Hall–Kier alpha value is -3.18. The highest BCUT2D eigenvalue weighted by molar-refractivity contribution is 7.89. The summed E-state index contributed by atoms with van der Waals surface area (Å²) in [5.41, 5.74) is 1.20. The molecule has 0 atom stereocenters. The first-order chi connectivity index (χ1) is 14.9. The van der Waals surface area contributed by atoms with E-state index < -0.39 is 32.5 Å². The summed E-state index contributed by atoms with van der Waals surface area (Å²) in [6, 6.07) is 9.43. The van der Waals surface area contributed by atoms with E-state index in [2.05, 4.69) is 15.6 Å². The molecule has 1 aliphatic heterocycles. The number of amides is 1. The Morgan fingerprint density at radius 3 is 2.55 bits per heavy atom. The molecule has 0 saturated carbocycles. The number of para-hydroxylation sites is 2. The van der Waals surface area contributed by atoms with Gasteiger partial charge in [0.15, 0.2) is 0 Å². The van der Waals surface area contributed by atoms with E-state index in [4.69, 9.17) is 0 Å². The lowest BCUT2D eigenvalue weighted by atomic mass is 9.97. The zero-order valence-corrected chi connectivity index (χ0v) is 17.1. The zero-order chi connectivity index (χ0) is 22.0. The number of anilines is 1. The van der Waals surface area contributed by atoms with Gasteiger partial charge < -0.3 is 5.32 Å². The van der Waals surface area contributed by atoms with E-state index >= 15 is 0 Å². The van der Waals surface area contributed by atoms with Crippen LogP contribution in [0.5, 0.6) is 0 Å². The van der Waals surface area contributed by atoms with Crippen LogP contribution in [-0.4, -0.2) is 46.7 Å². The van der Waals surface area contributed by atoms with Gasteiger partial charge in [-0.25, -0.2) is 21.9 Å².